The smallest absolute Gasteiger partial charge is 0.322 e. The zero-order chi connectivity index (χ0) is 10.6. The molecule has 5 heteroatoms. The number of hydrogen-bond donors (Lipinski definition) is 1. The quantitative estimate of drug-likeness (QED) is 0.820. The predicted octanol–water partition coefficient (Wildman–Crippen LogP) is 1.73. The zero-order valence-electron chi connectivity index (χ0n) is 7.05. The number of nitrogens with zero attached hydrogens (tertiary/aromatic N) is 1. The van der Waals surface area contributed by atoms with Gasteiger partial charge in [0.2, 0.25) is 0 Å². The van der Waals surface area contributed by atoms with Gasteiger partial charge in [-0.15, -0.1) is 0 Å². The highest BCUT2D eigenvalue weighted by Gasteiger charge is 2.04. The summed E-state index contributed by atoms with van der Waals surface area (Å²) in [7, 11) is 0. The van der Waals surface area contributed by atoms with E-state index in [1.807, 2.05) is 0 Å². The number of carbonyl (C=O) groups is 1. The Labute approximate surface area is 88.7 Å². The molecule has 0 heterocycles. The Bertz CT molecular complexity index is 400. The van der Waals surface area contributed by atoms with Crippen molar-refractivity contribution in [2.75, 3.05) is 0 Å². The van der Waals surface area contributed by atoms with Crippen LogP contribution < -0.4 is 5.32 Å². The Morgan fingerprint density at radius 1 is 1.64 bits per heavy atom. The summed E-state index contributed by atoms with van der Waals surface area (Å²) in [6.45, 7) is 0.0116. The first-order valence-corrected chi connectivity index (χ1v) is 4.54. The minimum Gasteiger partial charge on any atom is -0.339 e. The maximum Gasteiger partial charge on any atom is 0.322 e. The van der Waals surface area contributed by atoms with E-state index >= 15 is 0 Å². The third kappa shape index (κ3) is 2.82. The van der Waals surface area contributed by atoms with Crippen molar-refractivity contribution in [3.8, 4) is 6.07 Å². The van der Waals surface area contributed by atoms with Gasteiger partial charge < -0.3 is 5.32 Å². The minimum absolute atomic E-state index is 0.0116. The lowest BCUT2D eigenvalue weighted by molar-refractivity contribution is -0.116. The Balaban J connectivity index is 2.72. The highest BCUT2D eigenvalue weighted by molar-refractivity contribution is 9.10. The van der Waals surface area contributed by atoms with Crippen molar-refractivity contribution in [2.24, 2.45) is 0 Å². The molecule has 3 nitrogen and oxygen atoms in total. The van der Waals surface area contributed by atoms with Crippen molar-refractivity contribution < 1.29 is 9.18 Å². The van der Waals surface area contributed by atoms with Gasteiger partial charge in [0.25, 0.3) is 0 Å². The van der Waals surface area contributed by atoms with E-state index in [9.17, 15) is 9.18 Å². The van der Waals surface area contributed by atoms with Crippen LogP contribution in [0, 0.1) is 17.1 Å². The van der Waals surface area contributed by atoms with Crippen molar-refractivity contribution >= 4 is 21.8 Å². The molecule has 1 rings (SSSR count). The highest BCUT2D eigenvalue weighted by atomic mass is 79.9. The lowest BCUT2D eigenvalue weighted by atomic mass is 10.2. The summed E-state index contributed by atoms with van der Waals surface area (Å²) < 4.78 is 13.8. The van der Waals surface area contributed by atoms with Crippen LogP contribution in [-0.2, 0) is 11.3 Å². The molecule has 0 saturated carbocycles. The first-order chi connectivity index (χ1) is 6.63. The Morgan fingerprint density at radius 3 is 3.00 bits per heavy atom. The molecule has 0 fully saturated rings. The average Bonchev–Trinajstić information content (AvgIpc) is 2.19. The average molecular weight is 257 g/mol. The van der Waals surface area contributed by atoms with E-state index in [1.54, 1.807) is 12.1 Å². The molecule has 0 unspecified atom stereocenters. The van der Waals surface area contributed by atoms with Crippen molar-refractivity contribution in [3.63, 3.8) is 0 Å². The van der Waals surface area contributed by atoms with E-state index in [1.165, 1.54) is 12.1 Å². The molecule has 0 saturated heterocycles. The Morgan fingerprint density at radius 2 is 2.36 bits per heavy atom. The minimum atomic E-state index is -0.774. The first-order valence-electron chi connectivity index (χ1n) is 3.75. The molecule has 0 aromatic heterocycles. The molecule has 1 aromatic carbocycles. The predicted molar refractivity (Wildman–Crippen MR) is 51.6 cm³/mol. The number of rotatable bonds is 2. The number of nitrogens with one attached hydrogen (secondary N) is 1. The molecular formula is C9H6BrFN2O. The largest absolute Gasteiger partial charge is 0.339 e. The summed E-state index contributed by atoms with van der Waals surface area (Å²) in [5.74, 6) is -1.18. The molecule has 1 aromatic rings. The lowest BCUT2D eigenvalue weighted by Gasteiger charge is -2.03. The molecular weight excluding hydrogens is 251 g/mol. The molecule has 0 radical (unpaired) electrons. The fraction of sp³-hybridized carbons (Fsp3) is 0.111. The van der Waals surface area contributed by atoms with Gasteiger partial charge in [-0.2, -0.15) is 5.26 Å². The first kappa shape index (κ1) is 10.7. The van der Waals surface area contributed by atoms with E-state index in [2.05, 4.69) is 21.2 Å². The molecule has 14 heavy (non-hydrogen) atoms. The van der Waals surface area contributed by atoms with Crippen LogP contribution in [0.15, 0.2) is 22.7 Å². The van der Waals surface area contributed by atoms with E-state index in [0.717, 1.165) is 4.47 Å². The van der Waals surface area contributed by atoms with Gasteiger partial charge in [0, 0.05) is 16.6 Å². The molecule has 0 bridgehead atoms. The van der Waals surface area contributed by atoms with Crippen molar-refractivity contribution in [1.29, 1.82) is 5.26 Å². The third-order valence-corrected chi connectivity index (χ3v) is 2.04. The third-order valence-electron chi connectivity index (χ3n) is 1.55. The van der Waals surface area contributed by atoms with E-state index in [4.69, 9.17) is 5.26 Å². The molecule has 0 aliphatic rings. The second kappa shape index (κ2) is 4.72. The molecule has 0 aliphatic carbocycles. The number of benzene rings is 1. The molecule has 1 N–H and O–H groups in total. The fourth-order valence-corrected chi connectivity index (χ4v) is 1.30. The highest BCUT2D eigenvalue weighted by Crippen LogP contribution is 2.15. The number of nitriles is 1. The fourth-order valence-electron chi connectivity index (χ4n) is 0.894. The van der Waals surface area contributed by atoms with Gasteiger partial charge in [-0.05, 0) is 18.2 Å². The second-order valence-corrected chi connectivity index (χ2v) is 3.45. The normalized spacial score (nSPS) is 9.21. The topological polar surface area (TPSA) is 52.9 Å². The molecule has 1 amide bonds. The maximum absolute atomic E-state index is 13.1. The number of halogens is 2. The van der Waals surface area contributed by atoms with Gasteiger partial charge in [0.1, 0.15) is 5.82 Å². The van der Waals surface area contributed by atoms with Crippen LogP contribution in [0.1, 0.15) is 5.56 Å². The SMILES string of the molecule is N#CC(=O)NCc1cc(Br)ccc1F. The number of amides is 1. The van der Waals surface area contributed by atoms with E-state index in [0.29, 0.717) is 5.56 Å². The van der Waals surface area contributed by atoms with E-state index < -0.39 is 11.7 Å². The summed E-state index contributed by atoms with van der Waals surface area (Å²) in [5, 5.41) is 10.4. The van der Waals surface area contributed by atoms with Gasteiger partial charge in [-0.1, -0.05) is 15.9 Å². The van der Waals surface area contributed by atoms with Gasteiger partial charge in [0.15, 0.2) is 6.07 Å². The van der Waals surface area contributed by atoms with Crippen LogP contribution >= 0.6 is 15.9 Å². The summed E-state index contributed by atoms with van der Waals surface area (Å²) in [6.07, 6.45) is 0. The van der Waals surface area contributed by atoms with Crippen molar-refractivity contribution in [2.45, 2.75) is 6.54 Å². The van der Waals surface area contributed by atoms with Crippen LogP contribution in [0.5, 0.6) is 0 Å². The molecule has 0 spiro atoms. The van der Waals surface area contributed by atoms with Gasteiger partial charge in [0.05, 0.1) is 0 Å². The van der Waals surface area contributed by atoms with Gasteiger partial charge in [-0.3, -0.25) is 4.79 Å². The summed E-state index contributed by atoms with van der Waals surface area (Å²) in [6, 6.07) is 5.78. The lowest BCUT2D eigenvalue weighted by Crippen LogP contribution is -2.21. The number of carbonyl (C=O) groups excluding carboxylic acids is 1. The van der Waals surface area contributed by atoms with Crippen molar-refractivity contribution in [1.82, 2.24) is 5.32 Å². The zero-order valence-corrected chi connectivity index (χ0v) is 8.64. The molecule has 0 aliphatic heterocycles. The van der Waals surface area contributed by atoms with E-state index in [-0.39, 0.29) is 6.54 Å². The van der Waals surface area contributed by atoms with Crippen LogP contribution in [0.2, 0.25) is 0 Å². The van der Waals surface area contributed by atoms with Crippen LogP contribution in [0.3, 0.4) is 0 Å². The Hall–Kier alpha value is -1.41. The Kier molecular flexibility index (Phi) is 3.60. The monoisotopic (exact) mass is 256 g/mol. The molecule has 0 atom stereocenters. The summed E-state index contributed by atoms with van der Waals surface area (Å²) in [4.78, 5) is 10.6. The standard InChI is InChI=1S/C9H6BrFN2O/c10-7-1-2-8(11)6(3-7)5-13-9(14)4-12/h1-3H,5H2,(H,13,14). The van der Waals surface area contributed by atoms with Crippen molar-refractivity contribution in [3.05, 3.63) is 34.1 Å². The molecule has 72 valence electrons. The summed E-state index contributed by atoms with van der Waals surface area (Å²) >= 11 is 3.18. The van der Waals surface area contributed by atoms with Crippen LogP contribution in [-0.4, -0.2) is 5.91 Å². The second-order valence-electron chi connectivity index (χ2n) is 2.53. The maximum atomic E-state index is 13.1. The van der Waals surface area contributed by atoms with Gasteiger partial charge >= 0.3 is 5.91 Å². The van der Waals surface area contributed by atoms with Crippen LogP contribution in [0.25, 0.3) is 0 Å². The van der Waals surface area contributed by atoms with Gasteiger partial charge in [-0.25, -0.2) is 4.39 Å². The number of hydrogen-bond acceptors (Lipinski definition) is 2. The van der Waals surface area contributed by atoms with Crippen LogP contribution in [0.4, 0.5) is 4.39 Å². The summed E-state index contributed by atoms with van der Waals surface area (Å²) in [5.41, 5.74) is 0.336.